The second-order valence-corrected chi connectivity index (χ2v) is 5.09. The third kappa shape index (κ3) is 4.46. The number of nitrogens with zero attached hydrogens (tertiary/aromatic N) is 1. The van der Waals surface area contributed by atoms with E-state index in [-0.39, 0.29) is 32.0 Å². The standard InChI is InChI=1S/C12H17NO4S/c1-9(12(16)17)8-13(4-5-14)11(15)7-10-3-2-6-18-10/h2-3,6,9,14H,4-5,7-8H2,1H3,(H,16,17). The van der Waals surface area contributed by atoms with Crippen LogP contribution >= 0.6 is 11.3 Å². The summed E-state index contributed by atoms with van der Waals surface area (Å²) >= 11 is 1.49. The van der Waals surface area contributed by atoms with Gasteiger partial charge in [-0.2, -0.15) is 0 Å². The van der Waals surface area contributed by atoms with E-state index in [1.807, 2.05) is 17.5 Å². The Morgan fingerprint density at radius 2 is 2.22 bits per heavy atom. The molecule has 2 N–H and O–H groups in total. The number of amides is 1. The first-order valence-electron chi connectivity index (χ1n) is 5.68. The van der Waals surface area contributed by atoms with Gasteiger partial charge in [-0.25, -0.2) is 0 Å². The van der Waals surface area contributed by atoms with Crippen LogP contribution in [0.5, 0.6) is 0 Å². The summed E-state index contributed by atoms with van der Waals surface area (Å²) in [6.07, 6.45) is 0.254. The van der Waals surface area contributed by atoms with Gasteiger partial charge in [-0.15, -0.1) is 11.3 Å². The molecule has 18 heavy (non-hydrogen) atoms. The van der Waals surface area contributed by atoms with Gasteiger partial charge < -0.3 is 15.1 Å². The van der Waals surface area contributed by atoms with Crippen LogP contribution in [0, 0.1) is 5.92 Å². The molecular weight excluding hydrogens is 254 g/mol. The molecule has 1 aromatic rings. The summed E-state index contributed by atoms with van der Waals surface area (Å²) < 4.78 is 0. The highest BCUT2D eigenvalue weighted by molar-refractivity contribution is 7.10. The zero-order chi connectivity index (χ0) is 13.5. The molecule has 1 heterocycles. The number of hydrogen-bond donors (Lipinski definition) is 2. The maximum atomic E-state index is 12.0. The zero-order valence-corrected chi connectivity index (χ0v) is 11.0. The first-order valence-corrected chi connectivity index (χ1v) is 6.56. The number of carboxylic acid groups (broad SMARTS) is 1. The van der Waals surface area contributed by atoms with Gasteiger partial charge in [0.1, 0.15) is 0 Å². The molecule has 0 saturated heterocycles. The van der Waals surface area contributed by atoms with Crippen LogP contribution in [0.4, 0.5) is 0 Å². The third-order valence-electron chi connectivity index (χ3n) is 2.54. The lowest BCUT2D eigenvalue weighted by Gasteiger charge is -2.23. The Bertz CT molecular complexity index is 391. The minimum atomic E-state index is -0.943. The van der Waals surface area contributed by atoms with Crippen LogP contribution in [-0.4, -0.2) is 46.7 Å². The minimum absolute atomic E-state index is 0.125. The number of carboxylic acids is 1. The van der Waals surface area contributed by atoms with Gasteiger partial charge in [0.2, 0.25) is 5.91 Å². The lowest BCUT2D eigenvalue weighted by atomic mass is 10.1. The monoisotopic (exact) mass is 271 g/mol. The fourth-order valence-corrected chi connectivity index (χ4v) is 2.22. The molecule has 0 aliphatic rings. The largest absolute Gasteiger partial charge is 0.481 e. The van der Waals surface area contributed by atoms with E-state index in [4.69, 9.17) is 10.2 Å². The molecule has 0 radical (unpaired) electrons. The molecular formula is C12H17NO4S. The lowest BCUT2D eigenvalue weighted by molar-refractivity contribution is -0.143. The average Bonchev–Trinajstić information content (AvgIpc) is 2.80. The molecule has 1 unspecified atom stereocenters. The van der Waals surface area contributed by atoms with Crippen LogP contribution in [0.1, 0.15) is 11.8 Å². The van der Waals surface area contributed by atoms with Crippen LogP contribution in [0.15, 0.2) is 17.5 Å². The predicted octanol–water partition coefficient (Wildman–Crippen LogP) is 0.832. The summed E-state index contributed by atoms with van der Waals surface area (Å²) in [5.41, 5.74) is 0. The average molecular weight is 271 g/mol. The Labute approximate surface area is 110 Å². The number of aliphatic hydroxyl groups is 1. The fourth-order valence-electron chi connectivity index (χ4n) is 1.52. The van der Waals surface area contributed by atoms with E-state index < -0.39 is 11.9 Å². The van der Waals surface area contributed by atoms with Gasteiger partial charge in [0.05, 0.1) is 18.9 Å². The number of hydrogen-bond acceptors (Lipinski definition) is 4. The van der Waals surface area contributed by atoms with Gasteiger partial charge in [0.15, 0.2) is 0 Å². The zero-order valence-electron chi connectivity index (χ0n) is 10.2. The molecule has 1 aromatic heterocycles. The van der Waals surface area contributed by atoms with Crippen molar-refractivity contribution in [1.29, 1.82) is 0 Å². The van der Waals surface area contributed by atoms with E-state index in [1.165, 1.54) is 16.2 Å². The van der Waals surface area contributed by atoms with Gasteiger partial charge in [-0.3, -0.25) is 9.59 Å². The van der Waals surface area contributed by atoms with E-state index in [2.05, 4.69) is 0 Å². The van der Waals surface area contributed by atoms with Crippen LogP contribution in [0.25, 0.3) is 0 Å². The van der Waals surface area contributed by atoms with Crippen LogP contribution < -0.4 is 0 Å². The van der Waals surface area contributed by atoms with E-state index in [0.29, 0.717) is 0 Å². The van der Waals surface area contributed by atoms with Crippen molar-refractivity contribution in [2.75, 3.05) is 19.7 Å². The fraction of sp³-hybridized carbons (Fsp3) is 0.500. The van der Waals surface area contributed by atoms with E-state index >= 15 is 0 Å². The highest BCUT2D eigenvalue weighted by Gasteiger charge is 2.20. The number of carbonyl (C=O) groups is 2. The van der Waals surface area contributed by atoms with Crippen molar-refractivity contribution in [2.24, 2.45) is 5.92 Å². The molecule has 0 fully saturated rings. The summed E-state index contributed by atoms with van der Waals surface area (Å²) in [6.45, 7) is 1.68. The minimum Gasteiger partial charge on any atom is -0.481 e. The summed E-state index contributed by atoms with van der Waals surface area (Å²) in [5.74, 6) is -1.73. The van der Waals surface area contributed by atoms with E-state index in [0.717, 1.165) is 4.88 Å². The highest BCUT2D eigenvalue weighted by Crippen LogP contribution is 2.11. The molecule has 0 bridgehead atoms. The number of aliphatic carboxylic acids is 1. The number of aliphatic hydroxyl groups excluding tert-OH is 1. The quantitative estimate of drug-likeness (QED) is 0.770. The van der Waals surface area contributed by atoms with Crippen molar-refractivity contribution in [2.45, 2.75) is 13.3 Å². The predicted molar refractivity (Wildman–Crippen MR) is 68.5 cm³/mol. The molecule has 1 amide bonds. The third-order valence-corrected chi connectivity index (χ3v) is 3.42. The number of rotatable bonds is 7. The summed E-state index contributed by atoms with van der Waals surface area (Å²) in [7, 11) is 0. The molecule has 5 nitrogen and oxygen atoms in total. The summed E-state index contributed by atoms with van der Waals surface area (Å²) in [6, 6.07) is 3.73. The highest BCUT2D eigenvalue weighted by atomic mass is 32.1. The first-order chi connectivity index (χ1) is 8.54. The van der Waals surface area contributed by atoms with Gasteiger partial charge in [0.25, 0.3) is 0 Å². The second kappa shape index (κ2) is 7.13. The first kappa shape index (κ1) is 14.7. The Balaban J connectivity index is 2.60. The van der Waals surface area contributed by atoms with E-state index in [9.17, 15) is 9.59 Å². The summed E-state index contributed by atoms with van der Waals surface area (Å²) in [5, 5.41) is 19.7. The second-order valence-electron chi connectivity index (χ2n) is 4.06. The lowest BCUT2D eigenvalue weighted by Crippen LogP contribution is -2.39. The van der Waals surface area contributed by atoms with Crippen molar-refractivity contribution in [1.82, 2.24) is 4.90 Å². The maximum absolute atomic E-state index is 12.0. The SMILES string of the molecule is CC(CN(CCO)C(=O)Cc1cccs1)C(=O)O. The molecule has 1 rings (SSSR count). The van der Waals surface area contributed by atoms with Gasteiger partial charge >= 0.3 is 5.97 Å². The van der Waals surface area contributed by atoms with Crippen molar-refractivity contribution in [3.8, 4) is 0 Å². The smallest absolute Gasteiger partial charge is 0.308 e. The Morgan fingerprint density at radius 3 is 2.72 bits per heavy atom. The molecule has 0 aromatic carbocycles. The Hall–Kier alpha value is -1.40. The Morgan fingerprint density at radius 1 is 1.50 bits per heavy atom. The van der Waals surface area contributed by atoms with Crippen LogP contribution in [0.3, 0.4) is 0 Å². The maximum Gasteiger partial charge on any atom is 0.308 e. The van der Waals surface area contributed by atoms with Crippen molar-refractivity contribution < 1.29 is 19.8 Å². The van der Waals surface area contributed by atoms with Crippen molar-refractivity contribution in [3.05, 3.63) is 22.4 Å². The van der Waals surface area contributed by atoms with Crippen molar-refractivity contribution in [3.63, 3.8) is 0 Å². The molecule has 0 aliphatic carbocycles. The molecule has 0 spiro atoms. The van der Waals surface area contributed by atoms with Gasteiger partial charge in [-0.1, -0.05) is 13.0 Å². The van der Waals surface area contributed by atoms with Crippen LogP contribution in [-0.2, 0) is 16.0 Å². The van der Waals surface area contributed by atoms with Crippen LogP contribution in [0.2, 0.25) is 0 Å². The molecule has 100 valence electrons. The summed E-state index contributed by atoms with van der Waals surface area (Å²) in [4.78, 5) is 25.1. The molecule has 1 atom stereocenters. The molecule has 6 heteroatoms. The Kier molecular flexibility index (Phi) is 5.80. The van der Waals surface area contributed by atoms with E-state index in [1.54, 1.807) is 6.92 Å². The topological polar surface area (TPSA) is 77.8 Å². The number of carbonyl (C=O) groups excluding carboxylic acids is 1. The normalized spacial score (nSPS) is 12.1. The number of thiophene rings is 1. The molecule has 0 saturated carbocycles. The van der Waals surface area contributed by atoms with Gasteiger partial charge in [-0.05, 0) is 11.4 Å². The van der Waals surface area contributed by atoms with Crippen molar-refractivity contribution >= 4 is 23.2 Å². The van der Waals surface area contributed by atoms with Gasteiger partial charge in [0, 0.05) is 18.0 Å². The molecule has 0 aliphatic heterocycles.